The van der Waals surface area contributed by atoms with Crippen molar-refractivity contribution in [3.63, 3.8) is 0 Å². The number of hydrogen-bond acceptors (Lipinski definition) is 4. The fourth-order valence-corrected chi connectivity index (χ4v) is 2.10. The Bertz CT molecular complexity index is 594. The molecule has 0 atom stereocenters. The summed E-state index contributed by atoms with van der Waals surface area (Å²) in [5, 5.41) is 12.8. The number of hydrogen-bond donors (Lipinski definition) is 2. The molecule has 1 heterocycles. The number of nitrogens with one attached hydrogen (secondary N) is 1. The Hall–Kier alpha value is -2.10. The fourth-order valence-electron chi connectivity index (χ4n) is 2.10. The highest BCUT2D eigenvalue weighted by Crippen LogP contribution is 2.40. The summed E-state index contributed by atoms with van der Waals surface area (Å²) in [5.74, 6) is 2.35. The Kier molecular flexibility index (Phi) is 3.07. The summed E-state index contributed by atoms with van der Waals surface area (Å²) in [6.07, 6.45) is 2.42. The summed E-state index contributed by atoms with van der Waals surface area (Å²) in [7, 11) is 0. The first-order valence-electron chi connectivity index (χ1n) is 6.68. The van der Waals surface area contributed by atoms with Gasteiger partial charge in [0.05, 0.1) is 0 Å². The van der Waals surface area contributed by atoms with Gasteiger partial charge in [-0.05, 0) is 31.9 Å². The molecule has 0 bridgehead atoms. The molecule has 2 aromatic rings. The zero-order chi connectivity index (χ0) is 13.2. The lowest BCUT2D eigenvalue weighted by Gasteiger charge is -2.08. The lowest BCUT2D eigenvalue weighted by atomic mass is 10.2. The molecule has 0 amide bonds. The highest BCUT2D eigenvalue weighted by atomic mass is 16.3. The molecule has 0 spiro atoms. The van der Waals surface area contributed by atoms with Gasteiger partial charge >= 0.3 is 0 Å². The third kappa shape index (κ3) is 2.67. The molecule has 0 aliphatic heterocycles. The monoisotopic (exact) mass is 255 g/mol. The van der Waals surface area contributed by atoms with Crippen LogP contribution in [0.25, 0.3) is 11.4 Å². The zero-order valence-corrected chi connectivity index (χ0v) is 10.9. The number of phenols is 1. The molecule has 1 fully saturated rings. The zero-order valence-electron chi connectivity index (χ0n) is 10.9. The SMILES string of the molecule is CCNc1cc(C2CC2)nc(-c2cccc(O)c2)n1. The number of rotatable bonds is 4. The third-order valence-electron chi connectivity index (χ3n) is 3.20. The molecule has 98 valence electrons. The maximum absolute atomic E-state index is 9.57. The fraction of sp³-hybridized carbons (Fsp3) is 0.333. The number of aromatic hydroxyl groups is 1. The van der Waals surface area contributed by atoms with Crippen molar-refractivity contribution in [3.8, 4) is 17.1 Å². The van der Waals surface area contributed by atoms with Gasteiger partial charge in [0.2, 0.25) is 0 Å². The molecular formula is C15H17N3O. The molecule has 4 nitrogen and oxygen atoms in total. The van der Waals surface area contributed by atoms with Crippen molar-refractivity contribution in [2.75, 3.05) is 11.9 Å². The van der Waals surface area contributed by atoms with Gasteiger partial charge in [-0.2, -0.15) is 0 Å². The van der Waals surface area contributed by atoms with E-state index in [4.69, 9.17) is 0 Å². The first kappa shape index (κ1) is 12.0. The van der Waals surface area contributed by atoms with Crippen LogP contribution in [-0.4, -0.2) is 21.6 Å². The summed E-state index contributed by atoms with van der Waals surface area (Å²) < 4.78 is 0. The highest BCUT2D eigenvalue weighted by molar-refractivity contribution is 5.59. The Morgan fingerprint density at radius 3 is 2.79 bits per heavy atom. The number of phenolic OH excluding ortho intramolecular Hbond substituents is 1. The van der Waals surface area contributed by atoms with E-state index in [2.05, 4.69) is 15.3 Å². The standard InChI is InChI=1S/C15H17N3O/c1-2-16-14-9-13(10-6-7-10)17-15(18-14)11-4-3-5-12(19)8-11/h3-5,8-10,19H,2,6-7H2,1H3,(H,16,17,18). The second-order valence-electron chi connectivity index (χ2n) is 4.86. The van der Waals surface area contributed by atoms with Crippen molar-refractivity contribution in [1.82, 2.24) is 9.97 Å². The average molecular weight is 255 g/mol. The minimum absolute atomic E-state index is 0.239. The van der Waals surface area contributed by atoms with Crippen LogP contribution >= 0.6 is 0 Å². The molecule has 0 unspecified atom stereocenters. The molecule has 0 radical (unpaired) electrons. The van der Waals surface area contributed by atoms with E-state index >= 15 is 0 Å². The third-order valence-corrected chi connectivity index (χ3v) is 3.20. The second kappa shape index (κ2) is 4.88. The molecule has 2 N–H and O–H groups in total. The van der Waals surface area contributed by atoms with Gasteiger partial charge in [-0.1, -0.05) is 12.1 Å². The summed E-state index contributed by atoms with van der Waals surface area (Å²) >= 11 is 0. The first-order valence-corrected chi connectivity index (χ1v) is 6.68. The molecular weight excluding hydrogens is 238 g/mol. The van der Waals surface area contributed by atoms with Crippen LogP contribution < -0.4 is 5.32 Å². The van der Waals surface area contributed by atoms with Crippen LogP contribution in [0.3, 0.4) is 0 Å². The normalized spacial score (nSPS) is 14.4. The van der Waals surface area contributed by atoms with Gasteiger partial charge < -0.3 is 10.4 Å². The minimum atomic E-state index is 0.239. The van der Waals surface area contributed by atoms with Crippen LogP contribution in [-0.2, 0) is 0 Å². The number of anilines is 1. The average Bonchev–Trinajstić information content (AvgIpc) is 3.23. The van der Waals surface area contributed by atoms with Gasteiger partial charge in [0, 0.05) is 29.8 Å². The van der Waals surface area contributed by atoms with Crippen molar-refractivity contribution < 1.29 is 5.11 Å². The van der Waals surface area contributed by atoms with Crippen molar-refractivity contribution in [2.24, 2.45) is 0 Å². The molecule has 0 saturated heterocycles. The van der Waals surface area contributed by atoms with E-state index in [0.717, 1.165) is 23.6 Å². The van der Waals surface area contributed by atoms with Crippen molar-refractivity contribution in [2.45, 2.75) is 25.7 Å². The van der Waals surface area contributed by atoms with Crippen molar-refractivity contribution in [1.29, 1.82) is 0 Å². The van der Waals surface area contributed by atoms with Gasteiger partial charge in [-0.15, -0.1) is 0 Å². The summed E-state index contributed by atoms with van der Waals surface area (Å²) in [6, 6.07) is 9.11. The number of benzene rings is 1. The smallest absolute Gasteiger partial charge is 0.161 e. The van der Waals surface area contributed by atoms with E-state index in [-0.39, 0.29) is 5.75 Å². The molecule has 4 heteroatoms. The van der Waals surface area contributed by atoms with Crippen LogP contribution in [0.5, 0.6) is 5.75 Å². The van der Waals surface area contributed by atoms with Gasteiger partial charge in [-0.25, -0.2) is 9.97 Å². The van der Waals surface area contributed by atoms with E-state index in [1.807, 2.05) is 25.1 Å². The van der Waals surface area contributed by atoms with Gasteiger partial charge in [0.1, 0.15) is 11.6 Å². The quantitative estimate of drug-likeness (QED) is 0.881. The number of aromatic nitrogens is 2. The largest absolute Gasteiger partial charge is 0.508 e. The maximum Gasteiger partial charge on any atom is 0.161 e. The topological polar surface area (TPSA) is 58.0 Å². The van der Waals surface area contributed by atoms with Gasteiger partial charge in [-0.3, -0.25) is 0 Å². The molecule has 19 heavy (non-hydrogen) atoms. The summed E-state index contributed by atoms with van der Waals surface area (Å²) in [6.45, 7) is 2.88. The number of nitrogens with zero attached hydrogens (tertiary/aromatic N) is 2. The predicted octanol–water partition coefficient (Wildman–Crippen LogP) is 3.16. The maximum atomic E-state index is 9.57. The summed E-state index contributed by atoms with van der Waals surface area (Å²) in [5.41, 5.74) is 1.95. The lowest BCUT2D eigenvalue weighted by molar-refractivity contribution is 0.475. The minimum Gasteiger partial charge on any atom is -0.508 e. The molecule has 1 aliphatic carbocycles. The Morgan fingerprint density at radius 2 is 2.11 bits per heavy atom. The first-order chi connectivity index (χ1) is 9.26. The van der Waals surface area contributed by atoms with E-state index in [1.165, 1.54) is 12.8 Å². The van der Waals surface area contributed by atoms with E-state index in [9.17, 15) is 5.11 Å². The van der Waals surface area contributed by atoms with E-state index < -0.39 is 0 Å². The highest BCUT2D eigenvalue weighted by Gasteiger charge is 2.26. The lowest BCUT2D eigenvalue weighted by Crippen LogP contribution is -2.03. The van der Waals surface area contributed by atoms with E-state index in [0.29, 0.717) is 11.7 Å². The van der Waals surface area contributed by atoms with Crippen molar-refractivity contribution >= 4 is 5.82 Å². The van der Waals surface area contributed by atoms with Crippen LogP contribution in [0.1, 0.15) is 31.4 Å². The molecule has 3 rings (SSSR count). The van der Waals surface area contributed by atoms with Gasteiger partial charge in [0.15, 0.2) is 5.82 Å². The Labute approximate surface area is 112 Å². The van der Waals surface area contributed by atoms with Crippen LogP contribution in [0.2, 0.25) is 0 Å². The predicted molar refractivity (Wildman–Crippen MR) is 75.3 cm³/mol. The Morgan fingerprint density at radius 1 is 1.26 bits per heavy atom. The van der Waals surface area contributed by atoms with Gasteiger partial charge in [0.25, 0.3) is 0 Å². The van der Waals surface area contributed by atoms with Crippen LogP contribution in [0, 0.1) is 0 Å². The molecule has 1 aromatic heterocycles. The second-order valence-corrected chi connectivity index (χ2v) is 4.86. The van der Waals surface area contributed by atoms with Crippen LogP contribution in [0.15, 0.2) is 30.3 Å². The molecule has 1 aromatic carbocycles. The van der Waals surface area contributed by atoms with Crippen molar-refractivity contribution in [3.05, 3.63) is 36.0 Å². The Balaban J connectivity index is 2.03. The van der Waals surface area contributed by atoms with Crippen LogP contribution in [0.4, 0.5) is 5.82 Å². The molecule has 1 aliphatic rings. The summed E-state index contributed by atoms with van der Waals surface area (Å²) in [4.78, 5) is 9.14. The molecule has 1 saturated carbocycles. The van der Waals surface area contributed by atoms with E-state index in [1.54, 1.807) is 12.1 Å².